The lowest BCUT2D eigenvalue weighted by molar-refractivity contribution is -0.165. The van der Waals surface area contributed by atoms with Gasteiger partial charge in [-0.2, -0.15) is 0 Å². The molecule has 0 radical (unpaired) electrons. The first kappa shape index (κ1) is 19.4. The van der Waals surface area contributed by atoms with Crippen LogP contribution < -0.4 is 0 Å². The number of amides is 1. The topological polar surface area (TPSA) is 40.5 Å². The van der Waals surface area contributed by atoms with Gasteiger partial charge in [0.2, 0.25) is 5.91 Å². The molecule has 0 aliphatic heterocycles. The first-order valence-corrected chi connectivity index (χ1v) is 9.70. The number of benzene rings is 2. The molecule has 27 heavy (non-hydrogen) atoms. The Bertz CT molecular complexity index is 792. The second-order valence-corrected chi connectivity index (χ2v) is 7.87. The predicted molar refractivity (Wildman–Crippen MR) is 109 cm³/mol. The lowest BCUT2D eigenvalue weighted by Gasteiger charge is -2.41. The number of carbonyl (C=O) groups excluding carboxylic acids is 1. The molecule has 0 spiro atoms. The molecule has 2 unspecified atom stereocenters. The van der Waals surface area contributed by atoms with Crippen LogP contribution in [0, 0.1) is 5.92 Å². The molecular weight excluding hydrogens is 334 g/mol. The number of fused-ring (bicyclic) bond motifs is 1. The lowest BCUT2D eigenvalue weighted by atomic mass is 9.92. The van der Waals surface area contributed by atoms with Gasteiger partial charge in [-0.15, -0.1) is 6.58 Å². The van der Waals surface area contributed by atoms with Crippen LogP contribution >= 0.6 is 0 Å². The van der Waals surface area contributed by atoms with Crippen molar-refractivity contribution in [1.29, 1.82) is 0 Å². The average molecular weight is 364 g/mol. The molecule has 0 saturated carbocycles. The van der Waals surface area contributed by atoms with Crippen molar-refractivity contribution >= 4 is 5.91 Å². The lowest BCUT2D eigenvalue weighted by Crippen LogP contribution is -2.51. The monoisotopic (exact) mass is 363 g/mol. The van der Waals surface area contributed by atoms with Crippen molar-refractivity contribution in [2.75, 3.05) is 0 Å². The van der Waals surface area contributed by atoms with Crippen LogP contribution in [0.1, 0.15) is 49.4 Å². The highest BCUT2D eigenvalue weighted by atomic mass is 16.3. The molecule has 0 fully saturated rings. The summed E-state index contributed by atoms with van der Waals surface area (Å²) in [4.78, 5) is 15.3. The molecule has 1 aliphatic carbocycles. The molecule has 2 aromatic rings. The van der Waals surface area contributed by atoms with E-state index in [2.05, 4.69) is 18.7 Å². The van der Waals surface area contributed by atoms with Crippen LogP contribution in [0.25, 0.3) is 0 Å². The van der Waals surface area contributed by atoms with Crippen LogP contribution in [-0.2, 0) is 17.6 Å². The van der Waals surface area contributed by atoms with E-state index in [1.54, 1.807) is 24.8 Å². The van der Waals surface area contributed by atoms with Gasteiger partial charge in [0.15, 0.2) is 0 Å². The van der Waals surface area contributed by atoms with Crippen molar-refractivity contribution in [1.82, 2.24) is 4.90 Å². The Labute approximate surface area is 162 Å². The van der Waals surface area contributed by atoms with E-state index in [9.17, 15) is 9.90 Å². The fourth-order valence-electron chi connectivity index (χ4n) is 4.18. The van der Waals surface area contributed by atoms with Gasteiger partial charge in [0.1, 0.15) is 5.72 Å². The standard InChI is InChI=1S/C24H29NO2/c1-4-10-20(17-18-11-6-5-7-12-18)23(26)25(24(2,3)27)22-16-15-19-13-8-9-14-21(19)22/h4-9,11-14,20,22,27H,1,10,15-17H2,2-3H3. The van der Waals surface area contributed by atoms with Crippen LogP contribution in [-0.4, -0.2) is 21.6 Å². The second-order valence-electron chi connectivity index (χ2n) is 7.87. The zero-order valence-electron chi connectivity index (χ0n) is 16.3. The first-order chi connectivity index (χ1) is 12.9. The third-order valence-corrected chi connectivity index (χ3v) is 5.37. The third kappa shape index (κ3) is 4.30. The Morgan fingerprint density at radius 3 is 2.56 bits per heavy atom. The van der Waals surface area contributed by atoms with Gasteiger partial charge in [0, 0.05) is 5.92 Å². The van der Waals surface area contributed by atoms with E-state index in [4.69, 9.17) is 0 Å². The van der Waals surface area contributed by atoms with Crippen LogP contribution in [0.5, 0.6) is 0 Å². The van der Waals surface area contributed by atoms with Gasteiger partial charge in [0.05, 0.1) is 6.04 Å². The minimum absolute atomic E-state index is 0.00652. The minimum Gasteiger partial charge on any atom is -0.371 e. The maximum atomic E-state index is 13.6. The molecule has 2 aromatic carbocycles. The van der Waals surface area contributed by atoms with Crippen molar-refractivity contribution < 1.29 is 9.90 Å². The number of hydrogen-bond donors (Lipinski definition) is 1. The maximum absolute atomic E-state index is 13.6. The number of hydrogen-bond acceptors (Lipinski definition) is 2. The largest absolute Gasteiger partial charge is 0.371 e. The van der Waals surface area contributed by atoms with E-state index >= 15 is 0 Å². The molecule has 0 aromatic heterocycles. The third-order valence-electron chi connectivity index (χ3n) is 5.37. The van der Waals surface area contributed by atoms with Crippen molar-refractivity contribution in [3.8, 4) is 0 Å². The summed E-state index contributed by atoms with van der Waals surface area (Å²) < 4.78 is 0. The number of aliphatic hydroxyl groups is 1. The van der Waals surface area contributed by atoms with Gasteiger partial charge >= 0.3 is 0 Å². The fourth-order valence-corrected chi connectivity index (χ4v) is 4.18. The van der Waals surface area contributed by atoms with Crippen molar-refractivity contribution in [2.24, 2.45) is 5.92 Å². The summed E-state index contributed by atoms with van der Waals surface area (Å²) in [6.45, 7) is 7.26. The summed E-state index contributed by atoms with van der Waals surface area (Å²) in [5.74, 6) is -0.239. The van der Waals surface area contributed by atoms with Gasteiger partial charge in [-0.1, -0.05) is 60.7 Å². The number of aryl methyl sites for hydroxylation is 1. The van der Waals surface area contributed by atoms with E-state index < -0.39 is 5.72 Å². The molecule has 3 heteroatoms. The Hall–Kier alpha value is -2.39. The molecule has 1 amide bonds. The summed E-state index contributed by atoms with van der Waals surface area (Å²) in [6, 6.07) is 18.2. The van der Waals surface area contributed by atoms with Crippen molar-refractivity contribution in [2.45, 2.75) is 51.3 Å². The van der Waals surface area contributed by atoms with Gasteiger partial charge in [0.25, 0.3) is 0 Å². The van der Waals surface area contributed by atoms with Gasteiger partial charge in [-0.25, -0.2) is 0 Å². The fraction of sp³-hybridized carbons (Fsp3) is 0.375. The Kier molecular flexibility index (Phi) is 5.81. The molecular formula is C24H29NO2. The number of rotatable bonds is 7. The molecule has 3 nitrogen and oxygen atoms in total. The van der Waals surface area contributed by atoms with E-state index in [0.29, 0.717) is 12.8 Å². The summed E-state index contributed by atoms with van der Waals surface area (Å²) >= 11 is 0. The number of nitrogens with zero attached hydrogens (tertiary/aromatic N) is 1. The normalized spacial score (nSPS) is 17.2. The zero-order valence-corrected chi connectivity index (χ0v) is 16.3. The minimum atomic E-state index is -1.23. The summed E-state index contributed by atoms with van der Waals surface area (Å²) in [7, 11) is 0. The van der Waals surface area contributed by atoms with Crippen molar-refractivity contribution in [3.05, 3.63) is 83.9 Å². The van der Waals surface area contributed by atoms with Crippen molar-refractivity contribution in [3.63, 3.8) is 0 Å². The van der Waals surface area contributed by atoms with Crippen LogP contribution in [0.15, 0.2) is 67.3 Å². The van der Waals surface area contributed by atoms with E-state index in [0.717, 1.165) is 24.0 Å². The van der Waals surface area contributed by atoms with Crippen LogP contribution in [0.3, 0.4) is 0 Å². The maximum Gasteiger partial charge on any atom is 0.229 e. The Balaban J connectivity index is 1.92. The Morgan fingerprint density at radius 2 is 1.89 bits per heavy atom. The van der Waals surface area contributed by atoms with Gasteiger partial charge < -0.3 is 10.0 Å². The van der Waals surface area contributed by atoms with Gasteiger partial charge in [-0.3, -0.25) is 4.79 Å². The van der Waals surface area contributed by atoms with E-state index in [1.165, 1.54) is 5.56 Å². The second kappa shape index (κ2) is 8.10. The molecule has 0 bridgehead atoms. The molecule has 0 heterocycles. The van der Waals surface area contributed by atoms with E-state index in [1.807, 2.05) is 42.5 Å². The average Bonchev–Trinajstić information content (AvgIpc) is 3.05. The molecule has 1 N–H and O–H groups in total. The zero-order chi connectivity index (χ0) is 19.4. The molecule has 2 atom stereocenters. The highest BCUT2D eigenvalue weighted by molar-refractivity contribution is 5.80. The van der Waals surface area contributed by atoms with E-state index in [-0.39, 0.29) is 17.9 Å². The van der Waals surface area contributed by atoms with Crippen LogP contribution in [0.2, 0.25) is 0 Å². The predicted octanol–water partition coefficient (Wildman–Crippen LogP) is 4.67. The first-order valence-electron chi connectivity index (χ1n) is 9.70. The molecule has 142 valence electrons. The highest BCUT2D eigenvalue weighted by Gasteiger charge is 2.40. The smallest absolute Gasteiger partial charge is 0.229 e. The van der Waals surface area contributed by atoms with Gasteiger partial charge in [-0.05, 0) is 56.2 Å². The molecule has 3 rings (SSSR count). The summed E-state index contributed by atoms with van der Waals surface area (Å²) in [5, 5.41) is 10.9. The Morgan fingerprint density at radius 1 is 1.22 bits per heavy atom. The molecule has 1 aliphatic rings. The summed E-state index contributed by atoms with van der Waals surface area (Å²) in [5.41, 5.74) is 2.33. The number of allylic oxidation sites excluding steroid dienone is 1. The molecule has 0 saturated heterocycles. The SMILES string of the molecule is C=CCC(Cc1ccccc1)C(=O)N(C1CCc2ccccc21)C(C)(C)O. The summed E-state index contributed by atoms with van der Waals surface area (Å²) in [6.07, 6.45) is 4.82. The highest BCUT2D eigenvalue weighted by Crippen LogP contribution is 2.40. The quantitative estimate of drug-likeness (QED) is 0.574. The van der Waals surface area contributed by atoms with Crippen LogP contribution in [0.4, 0.5) is 0 Å². The number of carbonyl (C=O) groups is 1.